The van der Waals surface area contributed by atoms with Crippen LogP contribution < -0.4 is 10.1 Å². The Bertz CT molecular complexity index is 1130. The first-order valence-electron chi connectivity index (χ1n) is 12.8. The van der Waals surface area contributed by atoms with Gasteiger partial charge in [0.2, 0.25) is 5.91 Å². The largest absolute Gasteiger partial charge is 0.465 e. The van der Waals surface area contributed by atoms with Crippen molar-refractivity contribution in [1.82, 2.24) is 0 Å². The minimum atomic E-state index is -1.46. The van der Waals surface area contributed by atoms with Gasteiger partial charge in [-0.05, 0) is 75.4 Å². The molecule has 0 saturated carbocycles. The predicted octanol–water partition coefficient (Wildman–Crippen LogP) is 5.88. The maximum absolute atomic E-state index is 12.9. The molecule has 0 heterocycles. The molecule has 2 rings (SSSR count). The molecule has 0 bridgehead atoms. The Morgan fingerprint density at radius 3 is 1.97 bits per heavy atom. The van der Waals surface area contributed by atoms with Gasteiger partial charge in [0.1, 0.15) is 11.5 Å². The second kappa shape index (κ2) is 14.5. The minimum Gasteiger partial charge on any atom is -0.465 e. The van der Waals surface area contributed by atoms with Gasteiger partial charge in [-0.1, -0.05) is 19.9 Å². The van der Waals surface area contributed by atoms with Gasteiger partial charge in [0, 0.05) is 18.1 Å². The van der Waals surface area contributed by atoms with Crippen LogP contribution in [0.3, 0.4) is 0 Å². The number of rotatable bonds is 14. The normalized spacial score (nSPS) is 11.0. The fourth-order valence-corrected chi connectivity index (χ4v) is 4.37. The number of hydrogen-bond donors (Lipinski definition) is 1. The quantitative estimate of drug-likeness (QED) is 0.137. The number of carbonyl (C=O) groups is 4. The third-order valence-electron chi connectivity index (χ3n) is 6.29. The molecule has 0 fully saturated rings. The molecule has 0 unspecified atom stereocenters. The molecule has 0 aliphatic heterocycles. The number of ketones is 1. The van der Waals surface area contributed by atoms with Crippen LogP contribution in [0.4, 0.5) is 5.69 Å². The van der Waals surface area contributed by atoms with E-state index in [0.29, 0.717) is 35.6 Å². The Balaban J connectivity index is 2.45. The van der Waals surface area contributed by atoms with E-state index in [2.05, 4.69) is 5.32 Å². The molecular weight excluding hydrogens is 510 g/mol. The van der Waals surface area contributed by atoms with Crippen molar-refractivity contribution in [3.63, 3.8) is 0 Å². The van der Waals surface area contributed by atoms with Crippen LogP contribution in [0.2, 0.25) is 0 Å². The lowest BCUT2D eigenvalue weighted by atomic mass is 9.79. The summed E-state index contributed by atoms with van der Waals surface area (Å²) in [6, 6.07) is 10.2. The molecule has 0 aliphatic rings. The first kappa shape index (κ1) is 30.8. The number of carbonyl (C=O) groups excluding carboxylic acids is 4. The highest BCUT2D eigenvalue weighted by Crippen LogP contribution is 2.38. The zero-order chi connectivity index (χ0) is 28.3. The number of aryl methyl sites for hydroxylation is 1. The van der Waals surface area contributed by atoms with E-state index in [-0.39, 0.29) is 43.6 Å². The number of amides is 1. The van der Waals surface area contributed by atoms with Crippen LogP contribution in [0.1, 0.15) is 68.9 Å². The number of alkyl halides is 1. The number of ether oxygens (including phenoxy) is 3. The van der Waals surface area contributed by atoms with E-state index in [1.807, 2.05) is 13.0 Å². The van der Waals surface area contributed by atoms with Crippen molar-refractivity contribution in [3.05, 3.63) is 53.1 Å². The van der Waals surface area contributed by atoms with Crippen LogP contribution in [0.25, 0.3) is 0 Å². The fourth-order valence-electron chi connectivity index (χ4n) is 4.22. The molecule has 206 valence electrons. The van der Waals surface area contributed by atoms with Gasteiger partial charge in [-0.25, -0.2) is 0 Å². The third kappa shape index (κ3) is 7.34. The summed E-state index contributed by atoms with van der Waals surface area (Å²) in [7, 11) is 0. The van der Waals surface area contributed by atoms with Crippen LogP contribution >= 0.6 is 11.6 Å². The number of anilines is 1. The Kier molecular flexibility index (Phi) is 11.8. The summed E-state index contributed by atoms with van der Waals surface area (Å²) in [5, 5.41) is 2.90. The molecule has 1 amide bonds. The molecule has 2 aromatic rings. The van der Waals surface area contributed by atoms with Crippen molar-refractivity contribution >= 4 is 40.9 Å². The summed E-state index contributed by atoms with van der Waals surface area (Å²) >= 11 is 5.63. The van der Waals surface area contributed by atoms with Gasteiger partial charge >= 0.3 is 11.9 Å². The van der Waals surface area contributed by atoms with Gasteiger partial charge in [-0.3, -0.25) is 19.2 Å². The van der Waals surface area contributed by atoms with Gasteiger partial charge in [0.05, 0.1) is 24.8 Å². The Hall–Kier alpha value is -3.39. The van der Waals surface area contributed by atoms with Crippen molar-refractivity contribution in [2.45, 2.75) is 60.3 Å². The number of benzene rings is 2. The van der Waals surface area contributed by atoms with Crippen LogP contribution in [-0.2, 0) is 36.7 Å². The molecule has 0 spiro atoms. The summed E-state index contributed by atoms with van der Waals surface area (Å²) in [6.45, 7) is 8.77. The van der Waals surface area contributed by atoms with E-state index < -0.39 is 17.4 Å². The maximum Gasteiger partial charge on any atom is 0.323 e. The van der Waals surface area contributed by atoms with Crippen LogP contribution in [0.15, 0.2) is 36.4 Å². The van der Waals surface area contributed by atoms with Crippen LogP contribution in [0, 0.1) is 5.41 Å². The van der Waals surface area contributed by atoms with E-state index >= 15 is 0 Å². The first-order valence-corrected chi connectivity index (χ1v) is 13.3. The molecule has 9 heteroatoms. The second-order valence-electron chi connectivity index (χ2n) is 8.67. The molecule has 0 atom stereocenters. The Morgan fingerprint density at radius 2 is 1.50 bits per heavy atom. The average Bonchev–Trinajstić information content (AvgIpc) is 2.90. The summed E-state index contributed by atoms with van der Waals surface area (Å²) in [5.41, 5.74) is 1.11. The molecule has 0 saturated heterocycles. The summed E-state index contributed by atoms with van der Waals surface area (Å²) in [6.07, 6.45) is 1.21. The van der Waals surface area contributed by atoms with Crippen molar-refractivity contribution in [2.75, 3.05) is 24.4 Å². The molecule has 8 nitrogen and oxygen atoms in total. The Morgan fingerprint density at radius 1 is 0.895 bits per heavy atom. The number of hydrogen-bond acceptors (Lipinski definition) is 7. The molecule has 0 aliphatic carbocycles. The summed E-state index contributed by atoms with van der Waals surface area (Å²) < 4.78 is 16.6. The molecule has 0 aromatic heterocycles. The predicted molar refractivity (Wildman–Crippen MR) is 146 cm³/mol. The lowest BCUT2D eigenvalue weighted by Gasteiger charge is -2.28. The van der Waals surface area contributed by atoms with Gasteiger partial charge < -0.3 is 19.5 Å². The zero-order valence-corrected chi connectivity index (χ0v) is 23.4. The number of esters is 2. The summed E-state index contributed by atoms with van der Waals surface area (Å²) in [5.74, 6) is -0.732. The van der Waals surface area contributed by atoms with E-state index in [1.165, 1.54) is 6.92 Å². The van der Waals surface area contributed by atoms with Gasteiger partial charge in [0.15, 0.2) is 11.2 Å². The second-order valence-corrected chi connectivity index (χ2v) is 8.94. The van der Waals surface area contributed by atoms with Crippen molar-refractivity contribution < 1.29 is 33.4 Å². The van der Waals surface area contributed by atoms with E-state index in [0.717, 1.165) is 11.1 Å². The van der Waals surface area contributed by atoms with Gasteiger partial charge in [-0.15, -0.1) is 11.6 Å². The van der Waals surface area contributed by atoms with Crippen molar-refractivity contribution in [1.29, 1.82) is 0 Å². The highest BCUT2D eigenvalue weighted by atomic mass is 35.5. The molecule has 2 aromatic carbocycles. The van der Waals surface area contributed by atoms with E-state index in [4.69, 9.17) is 25.8 Å². The third-order valence-corrected chi connectivity index (χ3v) is 6.54. The van der Waals surface area contributed by atoms with E-state index in [9.17, 15) is 19.2 Å². The maximum atomic E-state index is 12.9. The molecular formula is C29H36ClNO7. The lowest BCUT2D eigenvalue weighted by Crippen LogP contribution is -2.42. The minimum absolute atomic E-state index is 0.104. The molecule has 1 N–H and O–H groups in total. The zero-order valence-electron chi connectivity index (χ0n) is 22.6. The van der Waals surface area contributed by atoms with Crippen molar-refractivity contribution in [3.8, 4) is 11.5 Å². The lowest BCUT2D eigenvalue weighted by molar-refractivity contribution is -0.173. The van der Waals surface area contributed by atoms with Crippen LogP contribution in [0.5, 0.6) is 11.5 Å². The fraction of sp³-hybridized carbons (Fsp3) is 0.448. The van der Waals surface area contributed by atoms with Crippen molar-refractivity contribution in [2.24, 2.45) is 5.41 Å². The molecule has 0 radical (unpaired) electrons. The topological polar surface area (TPSA) is 108 Å². The van der Waals surface area contributed by atoms with Gasteiger partial charge in [0.25, 0.3) is 0 Å². The standard InChI is InChI=1S/C29H36ClNO7/c1-6-23-25(38-22-13-10-20(11-14-22)24(33)18-30)15-12-21(26(23)31-19(5)32)16-17-29(7-2,27(34)36-8-3)28(35)37-9-4/h10-15H,6-9,16-18H2,1-5H3,(H,31,32). The monoisotopic (exact) mass is 545 g/mol. The number of halogens is 1. The van der Waals surface area contributed by atoms with Gasteiger partial charge in [-0.2, -0.15) is 0 Å². The summed E-state index contributed by atoms with van der Waals surface area (Å²) in [4.78, 5) is 49.8. The SMILES string of the molecule is CCOC(=O)C(CC)(CCc1ccc(Oc2ccc(C(=O)CCl)cc2)c(CC)c1NC(C)=O)C(=O)OCC. The van der Waals surface area contributed by atoms with E-state index in [1.54, 1.807) is 51.1 Å². The Labute approximate surface area is 229 Å². The average molecular weight is 546 g/mol. The smallest absolute Gasteiger partial charge is 0.323 e. The number of nitrogens with one attached hydrogen (secondary N) is 1. The molecule has 38 heavy (non-hydrogen) atoms. The highest BCUT2D eigenvalue weighted by Gasteiger charge is 2.47. The highest BCUT2D eigenvalue weighted by molar-refractivity contribution is 6.30. The first-order chi connectivity index (χ1) is 18.2. The number of Topliss-reactive ketones (excluding diaryl/α,β-unsaturated/α-hetero) is 1. The van der Waals surface area contributed by atoms with Crippen LogP contribution in [-0.4, -0.2) is 42.7 Å².